The van der Waals surface area contributed by atoms with Crippen molar-refractivity contribution in [2.24, 2.45) is 5.92 Å². The van der Waals surface area contributed by atoms with Crippen molar-refractivity contribution in [3.8, 4) is 0 Å². The number of carbonyl (C=O) groups excluding carboxylic acids is 2. The zero-order valence-electron chi connectivity index (χ0n) is 11.4. The highest BCUT2D eigenvalue weighted by Gasteiger charge is 2.42. The second-order valence-electron chi connectivity index (χ2n) is 6.05. The summed E-state index contributed by atoms with van der Waals surface area (Å²) < 4.78 is 0. The Morgan fingerprint density at radius 1 is 1.16 bits per heavy atom. The third kappa shape index (κ3) is 2.61. The minimum Gasteiger partial charge on any atom is -0.342 e. The van der Waals surface area contributed by atoms with Crippen molar-refractivity contribution < 1.29 is 9.59 Å². The summed E-state index contributed by atoms with van der Waals surface area (Å²) in [5.41, 5.74) is 0. The zero-order valence-corrected chi connectivity index (χ0v) is 11.4. The second kappa shape index (κ2) is 5.49. The lowest BCUT2D eigenvalue weighted by molar-refractivity contribution is -0.150. The molecule has 3 fully saturated rings. The van der Waals surface area contributed by atoms with Gasteiger partial charge in [-0.05, 0) is 12.3 Å². The van der Waals surface area contributed by atoms with E-state index in [0.717, 1.165) is 13.0 Å². The summed E-state index contributed by atoms with van der Waals surface area (Å²) in [5, 5.41) is 6.12. The van der Waals surface area contributed by atoms with Crippen LogP contribution in [0.15, 0.2) is 0 Å². The lowest BCUT2D eigenvalue weighted by Crippen LogP contribution is -2.68. The summed E-state index contributed by atoms with van der Waals surface area (Å²) >= 11 is 0. The van der Waals surface area contributed by atoms with Crippen LogP contribution < -0.4 is 10.6 Å². The van der Waals surface area contributed by atoms with Crippen molar-refractivity contribution >= 4 is 11.8 Å². The Morgan fingerprint density at radius 2 is 1.95 bits per heavy atom. The molecule has 0 bridgehead atoms. The molecular formula is C14H23N3O2. The van der Waals surface area contributed by atoms with Crippen LogP contribution in [0, 0.1) is 5.92 Å². The van der Waals surface area contributed by atoms with Gasteiger partial charge >= 0.3 is 0 Å². The van der Waals surface area contributed by atoms with E-state index in [-0.39, 0.29) is 23.9 Å². The van der Waals surface area contributed by atoms with Crippen molar-refractivity contribution in [2.45, 2.75) is 50.6 Å². The first-order valence-electron chi connectivity index (χ1n) is 7.57. The number of carbonyl (C=O) groups is 2. The monoisotopic (exact) mass is 265 g/mol. The summed E-state index contributed by atoms with van der Waals surface area (Å²) in [4.78, 5) is 26.3. The zero-order chi connectivity index (χ0) is 13.2. The third-order valence-electron chi connectivity index (χ3n) is 4.74. The average molecular weight is 265 g/mol. The number of nitrogens with zero attached hydrogens (tertiary/aromatic N) is 1. The van der Waals surface area contributed by atoms with E-state index in [4.69, 9.17) is 0 Å². The predicted molar refractivity (Wildman–Crippen MR) is 71.5 cm³/mol. The van der Waals surface area contributed by atoms with Gasteiger partial charge in [-0.3, -0.25) is 9.59 Å². The lowest BCUT2D eigenvalue weighted by atomic mass is 9.84. The van der Waals surface area contributed by atoms with Gasteiger partial charge in [-0.2, -0.15) is 0 Å². The number of hydrogen-bond donors (Lipinski definition) is 2. The maximum Gasteiger partial charge on any atom is 0.245 e. The Labute approximate surface area is 114 Å². The highest BCUT2D eigenvalue weighted by Crippen LogP contribution is 2.28. The summed E-state index contributed by atoms with van der Waals surface area (Å²) in [7, 11) is 0. The van der Waals surface area contributed by atoms with E-state index in [1.54, 1.807) is 4.90 Å². The standard InChI is InChI=1S/C14H23N3O2/c18-13-12-9-15-6-7-17(12)14(19)11(16-13)8-10-4-2-1-3-5-10/h10-12,15H,1-9H2,(H,16,18). The predicted octanol–water partition coefficient (Wildman–Crippen LogP) is 0.256. The van der Waals surface area contributed by atoms with Gasteiger partial charge in [0.05, 0.1) is 0 Å². The number of piperazine rings is 2. The first kappa shape index (κ1) is 12.9. The molecule has 2 unspecified atom stereocenters. The first-order chi connectivity index (χ1) is 9.25. The fraction of sp³-hybridized carbons (Fsp3) is 0.857. The Balaban J connectivity index is 1.65. The van der Waals surface area contributed by atoms with Crippen LogP contribution in [0.25, 0.3) is 0 Å². The summed E-state index contributed by atoms with van der Waals surface area (Å²) in [6, 6.07) is -0.561. The van der Waals surface area contributed by atoms with Crippen molar-refractivity contribution in [3.63, 3.8) is 0 Å². The second-order valence-corrected chi connectivity index (χ2v) is 6.05. The molecule has 5 heteroatoms. The SMILES string of the molecule is O=C1NC(CC2CCCCC2)C(=O)N2CCNCC12. The van der Waals surface area contributed by atoms with Gasteiger partial charge in [0.2, 0.25) is 11.8 Å². The summed E-state index contributed by atoms with van der Waals surface area (Å²) in [6.07, 6.45) is 7.13. The first-order valence-corrected chi connectivity index (χ1v) is 7.57. The van der Waals surface area contributed by atoms with Crippen LogP contribution in [-0.4, -0.2) is 48.4 Å². The molecule has 0 radical (unpaired) electrons. The van der Waals surface area contributed by atoms with E-state index in [9.17, 15) is 9.59 Å². The maximum atomic E-state index is 12.5. The van der Waals surface area contributed by atoms with Crippen molar-refractivity contribution in [1.82, 2.24) is 15.5 Å². The Kier molecular flexibility index (Phi) is 3.73. The molecular weight excluding hydrogens is 242 g/mol. The molecule has 0 aromatic rings. The third-order valence-corrected chi connectivity index (χ3v) is 4.74. The Morgan fingerprint density at radius 3 is 2.74 bits per heavy atom. The molecule has 5 nitrogen and oxygen atoms in total. The topological polar surface area (TPSA) is 61.4 Å². The van der Waals surface area contributed by atoms with Crippen LogP contribution >= 0.6 is 0 Å². The molecule has 1 aliphatic carbocycles. The molecule has 1 saturated carbocycles. The molecule has 3 rings (SSSR count). The molecule has 2 heterocycles. The van der Waals surface area contributed by atoms with Crippen LogP contribution in [0.1, 0.15) is 38.5 Å². The number of hydrogen-bond acceptors (Lipinski definition) is 3. The number of rotatable bonds is 2. The van der Waals surface area contributed by atoms with Crippen LogP contribution in [-0.2, 0) is 9.59 Å². The fourth-order valence-electron chi connectivity index (χ4n) is 3.65. The van der Waals surface area contributed by atoms with Gasteiger partial charge in [0.1, 0.15) is 12.1 Å². The minimum atomic E-state index is -0.288. The quantitative estimate of drug-likeness (QED) is 0.752. The molecule has 106 valence electrons. The van der Waals surface area contributed by atoms with Crippen molar-refractivity contribution in [2.75, 3.05) is 19.6 Å². The maximum absolute atomic E-state index is 12.5. The normalized spacial score (nSPS) is 32.9. The summed E-state index contributed by atoms with van der Waals surface area (Å²) in [5.74, 6) is 0.770. The van der Waals surface area contributed by atoms with Crippen LogP contribution in [0.2, 0.25) is 0 Å². The van der Waals surface area contributed by atoms with Crippen molar-refractivity contribution in [3.05, 3.63) is 0 Å². The molecule has 2 saturated heterocycles. The van der Waals surface area contributed by atoms with E-state index >= 15 is 0 Å². The molecule has 0 aromatic carbocycles. The Bertz CT molecular complexity index is 366. The largest absolute Gasteiger partial charge is 0.342 e. The number of amides is 2. The van der Waals surface area contributed by atoms with E-state index in [0.29, 0.717) is 19.0 Å². The molecule has 2 N–H and O–H groups in total. The van der Waals surface area contributed by atoms with Crippen LogP contribution in [0.4, 0.5) is 0 Å². The highest BCUT2D eigenvalue weighted by atomic mass is 16.2. The fourth-order valence-corrected chi connectivity index (χ4v) is 3.65. The lowest BCUT2D eigenvalue weighted by Gasteiger charge is -2.42. The van der Waals surface area contributed by atoms with Gasteiger partial charge in [0.15, 0.2) is 0 Å². The van der Waals surface area contributed by atoms with Gasteiger partial charge in [0, 0.05) is 19.6 Å². The van der Waals surface area contributed by atoms with E-state index in [2.05, 4.69) is 10.6 Å². The van der Waals surface area contributed by atoms with E-state index < -0.39 is 0 Å². The smallest absolute Gasteiger partial charge is 0.245 e. The van der Waals surface area contributed by atoms with Gasteiger partial charge < -0.3 is 15.5 Å². The van der Waals surface area contributed by atoms with Gasteiger partial charge in [-0.25, -0.2) is 0 Å². The molecule has 3 aliphatic rings. The average Bonchev–Trinajstić information content (AvgIpc) is 2.46. The Hall–Kier alpha value is -1.10. The molecule has 0 spiro atoms. The van der Waals surface area contributed by atoms with Crippen molar-refractivity contribution in [1.29, 1.82) is 0 Å². The van der Waals surface area contributed by atoms with Gasteiger partial charge in [-0.1, -0.05) is 32.1 Å². The molecule has 19 heavy (non-hydrogen) atoms. The van der Waals surface area contributed by atoms with Crippen LogP contribution in [0.5, 0.6) is 0 Å². The van der Waals surface area contributed by atoms with Gasteiger partial charge in [0.25, 0.3) is 0 Å². The molecule has 2 aliphatic heterocycles. The van der Waals surface area contributed by atoms with Gasteiger partial charge in [-0.15, -0.1) is 0 Å². The highest BCUT2D eigenvalue weighted by molar-refractivity contribution is 5.97. The minimum absolute atomic E-state index is 0.0209. The molecule has 0 aromatic heterocycles. The summed E-state index contributed by atoms with van der Waals surface area (Å²) in [6.45, 7) is 2.05. The number of fused-ring (bicyclic) bond motifs is 1. The van der Waals surface area contributed by atoms with Crippen LogP contribution in [0.3, 0.4) is 0 Å². The van der Waals surface area contributed by atoms with E-state index in [1.807, 2.05) is 0 Å². The molecule has 2 atom stereocenters. The van der Waals surface area contributed by atoms with E-state index in [1.165, 1.54) is 32.1 Å². The number of nitrogens with one attached hydrogen (secondary N) is 2. The molecule has 2 amide bonds.